The molecular weight excluding hydrogens is 584 g/mol. The summed E-state index contributed by atoms with van der Waals surface area (Å²) in [7, 11) is 0. The molecular formula is C25H16Br2N2O2S2. The van der Waals surface area contributed by atoms with Crippen LogP contribution in [0.25, 0.3) is 11.8 Å². The Labute approximate surface area is 214 Å². The first-order valence-corrected chi connectivity index (χ1v) is 13.6. The van der Waals surface area contributed by atoms with Crippen LogP contribution in [0, 0.1) is 0 Å². The third-order valence-corrected chi connectivity index (χ3v) is 9.14. The Bertz CT molecular complexity index is 1610. The molecule has 2 aliphatic rings. The third kappa shape index (κ3) is 3.51. The van der Waals surface area contributed by atoms with Crippen LogP contribution in [0.3, 0.4) is 0 Å². The fourth-order valence-electron chi connectivity index (χ4n) is 4.54. The molecule has 6 rings (SSSR count). The number of allylic oxidation sites excluding steroid dienone is 1. The number of aromatic nitrogens is 1. The largest absolute Gasteiger partial charge is 0.506 e. The molecule has 33 heavy (non-hydrogen) atoms. The van der Waals surface area contributed by atoms with Gasteiger partial charge in [0.05, 0.1) is 25.2 Å². The number of phenols is 1. The van der Waals surface area contributed by atoms with Crippen LogP contribution >= 0.6 is 54.5 Å². The van der Waals surface area contributed by atoms with E-state index in [9.17, 15) is 9.90 Å². The lowest BCUT2D eigenvalue weighted by Gasteiger charge is -2.30. The molecule has 164 valence electrons. The van der Waals surface area contributed by atoms with Gasteiger partial charge in [0.25, 0.3) is 5.56 Å². The van der Waals surface area contributed by atoms with E-state index in [-0.39, 0.29) is 17.4 Å². The molecule has 0 bridgehead atoms. The van der Waals surface area contributed by atoms with Crippen LogP contribution in [0.5, 0.6) is 5.75 Å². The lowest BCUT2D eigenvalue weighted by atomic mass is 9.85. The monoisotopic (exact) mass is 598 g/mol. The highest BCUT2D eigenvalue weighted by atomic mass is 79.9. The zero-order valence-corrected chi connectivity index (χ0v) is 21.9. The molecule has 0 saturated carbocycles. The van der Waals surface area contributed by atoms with Gasteiger partial charge in [0.2, 0.25) is 0 Å². The van der Waals surface area contributed by atoms with Crippen LogP contribution in [-0.4, -0.2) is 9.67 Å². The zero-order chi connectivity index (χ0) is 22.7. The highest BCUT2D eigenvalue weighted by molar-refractivity contribution is 9.11. The standard InChI is InChI=1S/C25H16Br2N2O2S2/c26-17-10-13(11-18(27)23(17)30)12-20-24(31)29-22(19-6-3-9-32-19)16-8-7-14-4-1-2-5-15(14)21(16)28-25(29)33-20/h1-6,9-12,22,30H,7-8H2/b20-12+/t22-/m1/s1. The van der Waals surface area contributed by atoms with E-state index >= 15 is 0 Å². The molecule has 8 heteroatoms. The van der Waals surface area contributed by atoms with Gasteiger partial charge in [-0.2, -0.15) is 0 Å². The quantitative estimate of drug-likeness (QED) is 0.326. The second-order valence-corrected chi connectivity index (χ2v) is 11.7. The van der Waals surface area contributed by atoms with Gasteiger partial charge < -0.3 is 5.11 Å². The van der Waals surface area contributed by atoms with E-state index in [4.69, 9.17) is 4.99 Å². The maximum Gasteiger partial charge on any atom is 0.271 e. The summed E-state index contributed by atoms with van der Waals surface area (Å²) in [5, 5.41) is 12.1. The van der Waals surface area contributed by atoms with Crippen molar-refractivity contribution in [3.05, 3.63) is 110 Å². The second-order valence-electron chi connectivity index (χ2n) is 7.96. The summed E-state index contributed by atoms with van der Waals surface area (Å²) in [5.41, 5.74) is 5.48. The minimum Gasteiger partial charge on any atom is -0.506 e. The topological polar surface area (TPSA) is 54.6 Å². The molecule has 1 aliphatic heterocycles. The average molecular weight is 600 g/mol. The van der Waals surface area contributed by atoms with Crippen molar-refractivity contribution < 1.29 is 5.11 Å². The van der Waals surface area contributed by atoms with Crippen molar-refractivity contribution in [3.8, 4) is 5.75 Å². The summed E-state index contributed by atoms with van der Waals surface area (Å²) in [6.45, 7) is 0. The fourth-order valence-corrected chi connectivity index (χ4v) is 7.61. The molecule has 4 nitrogen and oxygen atoms in total. The lowest BCUT2D eigenvalue weighted by molar-refractivity contribution is 0.468. The van der Waals surface area contributed by atoms with E-state index in [1.54, 1.807) is 23.5 Å². The molecule has 0 spiro atoms. The molecule has 0 saturated heterocycles. The number of thiazole rings is 1. The minimum atomic E-state index is -0.134. The van der Waals surface area contributed by atoms with Crippen LogP contribution in [-0.2, 0) is 6.42 Å². The smallest absolute Gasteiger partial charge is 0.271 e. The SMILES string of the molecule is O=c1/c(=C\c2cc(Br)c(O)c(Br)c2)sc2n1[C@@H](c1cccs1)C1=C(N=2)c2ccccc2CC1. The Morgan fingerprint density at radius 3 is 2.64 bits per heavy atom. The molecule has 1 atom stereocenters. The zero-order valence-electron chi connectivity index (χ0n) is 17.1. The van der Waals surface area contributed by atoms with E-state index in [0.29, 0.717) is 13.5 Å². The van der Waals surface area contributed by atoms with Crippen LogP contribution < -0.4 is 14.9 Å². The Kier molecular flexibility index (Phi) is 5.29. The van der Waals surface area contributed by atoms with Crippen LogP contribution in [0.4, 0.5) is 0 Å². The number of hydrogen-bond acceptors (Lipinski definition) is 5. The summed E-state index contributed by atoms with van der Waals surface area (Å²) in [4.78, 5) is 20.6. The van der Waals surface area contributed by atoms with Gasteiger partial charge in [0, 0.05) is 10.4 Å². The molecule has 0 fully saturated rings. The first kappa shape index (κ1) is 21.3. The molecule has 0 radical (unpaired) electrons. The van der Waals surface area contributed by atoms with Crippen molar-refractivity contribution in [3.63, 3.8) is 0 Å². The maximum absolute atomic E-state index is 13.7. The number of phenolic OH excluding ortho intramolecular Hbond substituents is 1. The minimum absolute atomic E-state index is 0.0390. The second kappa shape index (κ2) is 8.20. The molecule has 0 unspecified atom stereocenters. The predicted octanol–water partition coefficient (Wildman–Crippen LogP) is 5.61. The molecule has 1 aliphatic carbocycles. The molecule has 3 heterocycles. The van der Waals surface area contributed by atoms with Crippen molar-refractivity contribution in [1.29, 1.82) is 0 Å². The molecule has 4 aromatic rings. The van der Waals surface area contributed by atoms with Crippen molar-refractivity contribution >= 4 is 66.3 Å². The number of rotatable bonds is 2. The molecule has 2 aromatic heterocycles. The normalized spacial score (nSPS) is 17.4. The van der Waals surface area contributed by atoms with Gasteiger partial charge in [-0.1, -0.05) is 41.7 Å². The van der Waals surface area contributed by atoms with E-state index in [0.717, 1.165) is 33.8 Å². The van der Waals surface area contributed by atoms with E-state index < -0.39 is 0 Å². The summed E-state index contributed by atoms with van der Waals surface area (Å²) < 4.78 is 3.62. The predicted molar refractivity (Wildman–Crippen MR) is 141 cm³/mol. The average Bonchev–Trinajstić information content (AvgIpc) is 3.45. The fraction of sp³-hybridized carbons (Fsp3) is 0.120. The Balaban J connectivity index is 1.61. The first-order chi connectivity index (χ1) is 16.0. The molecule has 0 amide bonds. The van der Waals surface area contributed by atoms with Gasteiger partial charge in [-0.25, -0.2) is 4.99 Å². The number of benzene rings is 2. The van der Waals surface area contributed by atoms with E-state index in [2.05, 4.69) is 67.6 Å². The van der Waals surface area contributed by atoms with Gasteiger partial charge in [-0.3, -0.25) is 9.36 Å². The maximum atomic E-state index is 13.7. The van der Waals surface area contributed by atoms with Crippen LogP contribution in [0.1, 0.15) is 34.0 Å². The summed E-state index contributed by atoms with van der Waals surface area (Å²) in [6.07, 6.45) is 3.70. The Morgan fingerprint density at radius 1 is 1.09 bits per heavy atom. The van der Waals surface area contributed by atoms with Gasteiger partial charge in [-0.05, 0) is 91.1 Å². The van der Waals surface area contributed by atoms with Gasteiger partial charge in [-0.15, -0.1) is 11.3 Å². The highest BCUT2D eigenvalue weighted by Crippen LogP contribution is 2.42. The Hall–Kier alpha value is -2.26. The van der Waals surface area contributed by atoms with Gasteiger partial charge >= 0.3 is 0 Å². The van der Waals surface area contributed by atoms with Crippen molar-refractivity contribution in [2.75, 3.05) is 0 Å². The lowest BCUT2D eigenvalue weighted by Crippen LogP contribution is -2.38. The van der Waals surface area contributed by atoms with Crippen molar-refractivity contribution in [1.82, 2.24) is 4.57 Å². The summed E-state index contributed by atoms with van der Waals surface area (Å²) in [5.74, 6) is 0.137. The first-order valence-electron chi connectivity index (χ1n) is 10.4. The molecule has 2 aromatic carbocycles. The van der Waals surface area contributed by atoms with E-state index in [1.807, 2.05) is 16.7 Å². The third-order valence-electron chi connectivity index (χ3n) is 6.02. The number of hydrogen-bond donors (Lipinski definition) is 1. The van der Waals surface area contributed by atoms with Gasteiger partial charge in [0.15, 0.2) is 4.80 Å². The van der Waals surface area contributed by atoms with Gasteiger partial charge in [0.1, 0.15) is 5.75 Å². The van der Waals surface area contributed by atoms with E-state index in [1.165, 1.54) is 28.0 Å². The summed E-state index contributed by atoms with van der Waals surface area (Å²) >= 11 is 9.83. The number of nitrogens with zero attached hydrogens (tertiary/aromatic N) is 2. The van der Waals surface area contributed by atoms with Crippen LogP contribution in [0.15, 0.2) is 78.2 Å². The van der Waals surface area contributed by atoms with Crippen LogP contribution in [0.2, 0.25) is 0 Å². The Morgan fingerprint density at radius 2 is 1.88 bits per heavy atom. The summed E-state index contributed by atoms with van der Waals surface area (Å²) in [6, 6.07) is 16.1. The molecule has 1 N–H and O–H groups in total. The number of thiophene rings is 1. The highest BCUT2D eigenvalue weighted by Gasteiger charge is 2.32. The number of aromatic hydroxyl groups is 1. The number of halogens is 2. The van der Waals surface area contributed by atoms with Crippen molar-refractivity contribution in [2.24, 2.45) is 4.99 Å². The van der Waals surface area contributed by atoms with Crippen molar-refractivity contribution in [2.45, 2.75) is 18.9 Å². The number of aryl methyl sites for hydroxylation is 1. The number of fused-ring (bicyclic) bond motifs is 3.